The molecule has 2 rings (SSSR count). The second-order valence-corrected chi connectivity index (χ2v) is 5.35. The van der Waals surface area contributed by atoms with E-state index in [1.807, 2.05) is 5.38 Å². The maximum atomic E-state index is 11.8. The molecule has 2 heterocycles. The first-order valence-electron chi connectivity index (χ1n) is 5.54. The number of primary amides is 1. The van der Waals surface area contributed by atoms with Crippen LogP contribution in [0.4, 0.5) is 5.13 Å². The van der Waals surface area contributed by atoms with Gasteiger partial charge in [-0.05, 0) is 5.92 Å². The minimum absolute atomic E-state index is 0.0709. The van der Waals surface area contributed by atoms with Gasteiger partial charge in [0.05, 0.1) is 11.6 Å². The smallest absolute Gasteiger partial charge is 0.229 e. The number of hydrogen-bond donors (Lipinski definition) is 1. The molecule has 17 heavy (non-hydrogen) atoms. The van der Waals surface area contributed by atoms with E-state index in [0.717, 1.165) is 5.69 Å². The topological polar surface area (TPSA) is 76.3 Å². The zero-order valence-corrected chi connectivity index (χ0v) is 10.7. The van der Waals surface area contributed by atoms with Gasteiger partial charge in [0, 0.05) is 18.3 Å². The highest BCUT2D eigenvalue weighted by atomic mass is 32.1. The van der Waals surface area contributed by atoms with Crippen LogP contribution in [-0.4, -0.2) is 23.3 Å². The summed E-state index contributed by atoms with van der Waals surface area (Å²) in [5.41, 5.74) is 6.19. The molecule has 5 nitrogen and oxygen atoms in total. The van der Waals surface area contributed by atoms with Gasteiger partial charge in [-0.25, -0.2) is 4.98 Å². The van der Waals surface area contributed by atoms with Crippen molar-refractivity contribution in [2.75, 3.05) is 11.4 Å². The van der Waals surface area contributed by atoms with Crippen LogP contribution in [-0.2, 0) is 9.59 Å². The number of hydrogen-bond acceptors (Lipinski definition) is 4. The second kappa shape index (κ2) is 4.44. The molecule has 1 atom stereocenters. The van der Waals surface area contributed by atoms with Crippen LogP contribution >= 0.6 is 11.3 Å². The van der Waals surface area contributed by atoms with Crippen LogP contribution in [0, 0.1) is 5.92 Å². The summed E-state index contributed by atoms with van der Waals surface area (Å²) in [6, 6.07) is 0. The fraction of sp³-hybridized carbons (Fsp3) is 0.545. The van der Waals surface area contributed by atoms with E-state index in [1.54, 1.807) is 4.90 Å². The van der Waals surface area contributed by atoms with Crippen LogP contribution in [0.25, 0.3) is 0 Å². The van der Waals surface area contributed by atoms with E-state index in [4.69, 9.17) is 5.73 Å². The quantitative estimate of drug-likeness (QED) is 0.876. The van der Waals surface area contributed by atoms with E-state index >= 15 is 0 Å². The number of carbonyl (C=O) groups is 2. The standard InChI is InChI=1S/C11H15N3O2S/c1-6(2)8-5-17-11(13-8)14-4-7(10(12)16)3-9(14)15/h5-7H,3-4H2,1-2H3,(H2,12,16). The van der Waals surface area contributed by atoms with Crippen molar-refractivity contribution in [2.45, 2.75) is 26.2 Å². The Hall–Kier alpha value is -1.43. The highest BCUT2D eigenvalue weighted by Crippen LogP contribution is 2.29. The third kappa shape index (κ3) is 2.31. The summed E-state index contributed by atoms with van der Waals surface area (Å²) in [5, 5.41) is 2.62. The fourth-order valence-electron chi connectivity index (χ4n) is 1.75. The lowest BCUT2D eigenvalue weighted by Gasteiger charge is -2.11. The number of carbonyl (C=O) groups excluding carboxylic acids is 2. The first-order chi connectivity index (χ1) is 7.99. The molecule has 1 fully saturated rings. The number of amides is 2. The van der Waals surface area contributed by atoms with Crippen LogP contribution in [0.15, 0.2) is 5.38 Å². The van der Waals surface area contributed by atoms with E-state index in [2.05, 4.69) is 18.8 Å². The van der Waals surface area contributed by atoms with Crippen molar-refractivity contribution >= 4 is 28.3 Å². The zero-order chi connectivity index (χ0) is 12.6. The summed E-state index contributed by atoms with van der Waals surface area (Å²) in [7, 11) is 0. The Labute approximate surface area is 104 Å². The third-order valence-electron chi connectivity index (χ3n) is 2.86. The molecule has 0 saturated carbocycles. The van der Waals surface area contributed by atoms with Crippen molar-refractivity contribution in [1.29, 1.82) is 0 Å². The van der Waals surface area contributed by atoms with Crippen molar-refractivity contribution in [3.05, 3.63) is 11.1 Å². The van der Waals surface area contributed by atoms with Gasteiger partial charge in [0.25, 0.3) is 0 Å². The summed E-state index contributed by atoms with van der Waals surface area (Å²) >= 11 is 1.43. The first kappa shape index (κ1) is 12.0. The van der Waals surface area contributed by atoms with Gasteiger partial charge in [-0.2, -0.15) is 0 Å². The van der Waals surface area contributed by atoms with Gasteiger partial charge < -0.3 is 5.73 Å². The van der Waals surface area contributed by atoms with Crippen molar-refractivity contribution in [1.82, 2.24) is 4.98 Å². The SMILES string of the molecule is CC(C)c1csc(N2CC(C(N)=O)CC2=O)n1. The average Bonchev–Trinajstić information content (AvgIpc) is 2.83. The van der Waals surface area contributed by atoms with Crippen molar-refractivity contribution in [3.63, 3.8) is 0 Å². The normalized spacial score (nSPS) is 20.3. The Morgan fingerprint density at radius 2 is 2.35 bits per heavy atom. The van der Waals surface area contributed by atoms with Gasteiger partial charge in [-0.15, -0.1) is 11.3 Å². The molecular formula is C11H15N3O2S. The Morgan fingerprint density at radius 1 is 1.65 bits per heavy atom. The van der Waals surface area contributed by atoms with Crippen LogP contribution in [0.3, 0.4) is 0 Å². The van der Waals surface area contributed by atoms with Gasteiger partial charge in [0.1, 0.15) is 0 Å². The van der Waals surface area contributed by atoms with Crippen LogP contribution in [0.2, 0.25) is 0 Å². The summed E-state index contributed by atoms with van der Waals surface area (Å²) in [6.45, 7) is 4.47. The van der Waals surface area contributed by atoms with E-state index in [-0.39, 0.29) is 18.2 Å². The highest BCUT2D eigenvalue weighted by Gasteiger charge is 2.35. The molecule has 1 saturated heterocycles. The predicted octanol–water partition coefficient (Wildman–Crippen LogP) is 1.10. The molecule has 0 bridgehead atoms. The molecule has 1 aliphatic rings. The summed E-state index contributed by atoms with van der Waals surface area (Å²) in [6.07, 6.45) is 0.200. The fourth-order valence-corrected chi connectivity index (χ4v) is 2.76. The molecule has 6 heteroatoms. The van der Waals surface area contributed by atoms with Crippen LogP contribution < -0.4 is 10.6 Å². The summed E-state index contributed by atoms with van der Waals surface area (Å²) < 4.78 is 0. The molecule has 2 N–H and O–H groups in total. The van der Waals surface area contributed by atoms with E-state index in [9.17, 15) is 9.59 Å². The maximum absolute atomic E-state index is 11.8. The number of anilines is 1. The molecule has 0 aliphatic carbocycles. The van der Waals surface area contributed by atoms with Crippen LogP contribution in [0.5, 0.6) is 0 Å². The van der Waals surface area contributed by atoms with Crippen molar-refractivity contribution in [3.8, 4) is 0 Å². The Kier molecular flexibility index (Phi) is 3.15. The van der Waals surface area contributed by atoms with E-state index in [1.165, 1.54) is 11.3 Å². The lowest BCUT2D eigenvalue weighted by Crippen LogP contribution is -2.28. The zero-order valence-electron chi connectivity index (χ0n) is 9.84. The van der Waals surface area contributed by atoms with Gasteiger partial charge in [-0.3, -0.25) is 14.5 Å². The number of rotatable bonds is 3. The molecule has 1 aromatic rings. The molecule has 1 aliphatic heterocycles. The number of nitrogens with zero attached hydrogens (tertiary/aromatic N) is 2. The third-order valence-corrected chi connectivity index (χ3v) is 3.74. The molecule has 0 radical (unpaired) electrons. The largest absolute Gasteiger partial charge is 0.369 e. The molecule has 1 aromatic heterocycles. The van der Waals surface area contributed by atoms with E-state index < -0.39 is 5.91 Å². The van der Waals surface area contributed by atoms with Gasteiger partial charge >= 0.3 is 0 Å². The summed E-state index contributed by atoms with van der Waals surface area (Å²) in [4.78, 5) is 28.8. The van der Waals surface area contributed by atoms with Gasteiger partial charge in [0.2, 0.25) is 11.8 Å². The molecule has 1 unspecified atom stereocenters. The van der Waals surface area contributed by atoms with E-state index in [0.29, 0.717) is 17.6 Å². The number of nitrogens with two attached hydrogens (primary N) is 1. The minimum atomic E-state index is -0.415. The Balaban J connectivity index is 2.17. The second-order valence-electron chi connectivity index (χ2n) is 4.52. The van der Waals surface area contributed by atoms with Gasteiger partial charge in [-0.1, -0.05) is 13.8 Å². The lowest BCUT2D eigenvalue weighted by atomic mass is 10.1. The monoisotopic (exact) mass is 253 g/mol. The molecular weight excluding hydrogens is 238 g/mol. The maximum Gasteiger partial charge on any atom is 0.229 e. The number of aromatic nitrogens is 1. The molecule has 0 spiro atoms. The highest BCUT2D eigenvalue weighted by molar-refractivity contribution is 7.14. The number of thiazole rings is 1. The summed E-state index contributed by atoms with van der Waals surface area (Å²) in [5.74, 6) is -0.529. The first-order valence-corrected chi connectivity index (χ1v) is 6.42. The molecule has 92 valence electrons. The predicted molar refractivity (Wildman–Crippen MR) is 65.9 cm³/mol. The molecule has 0 aromatic carbocycles. The van der Waals surface area contributed by atoms with Crippen molar-refractivity contribution in [2.24, 2.45) is 11.7 Å². The Morgan fingerprint density at radius 3 is 2.82 bits per heavy atom. The van der Waals surface area contributed by atoms with Gasteiger partial charge in [0.15, 0.2) is 5.13 Å². The van der Waals surface area contributed by atoms with Crippen LogP contribution in [0.1, 0.15) is 31.9 Å². The minimum Gasteiger partial charge on any atom is -0.369 e. The lowest BCUT2D eigenvalue weighted by molar-refractivity contribution is -0.123. The molecule has 2 amide bonds. The average molecular weight is 253 g/mol. The van der Waals surface area contributed by atoms with Crippen molar-refractivity contribution < 1.29 is 9.59 Å². The Bertz CT molecular complexity index is 455.